The summed E-state index contributed by atoms with van der Waals surface area (Å²) in [6.45, 7) is 8.60. The highest BCUT2D eigenvalue weighted by atomic mass is 16.2. The number of hydrogen-bond acceptors (Lipinski definition) is 1. The fourth-order valence-electron chi connectivity index (χ4n) is 2.17. The zero-order chi connectivity index (χ0) is 10.6. The van der Waals surface area contributed by atoms with Crippen molar-refractivity contribution in [3.05, 3.63) is 0 Å². The van der Waals surface area contributed by atoms with Crippen LogP contribution in [0.1, 0.15) is 46.5 Å². The zero-order valence-electron chi connectivity index (χ0n) is 9.75. The summed E-state index contributed by atoms with van der Waals surface area (Å²) in [4.78, 5) is 13.9. The van der Waals surface area contributed by atoms with E-state index in [9.17, 15) is 4.79 Å². The monoisotopic (exact) mass is 197 g/mol. The van der Waals surface area contributed by atoms with Gasteiger partial charge in [-0.05, 0) is 24.7 Å². The third-order valence-electron chi connectivity index (χ3n) is 3.36. The van der Waals surface area contributed by atoms with Gasteiger partial charge in [0, 0.05) is 19.5 Å². The maximum Gasteiger partial charge on any atom is 0.222 e. The Bertz CT molecular complexity index is 183. The lowest BCUT2D eigenvalue weighted by Crippen LogP contribution is -2.30. The molecule has 1 heterocycles. The van der Waals surface area contributed by atoms with Crippen LogP contribution in [0.5, 0.6) is 0 Å². The summed E-state index contributed by atoms with van der Waals surface area (Å²) in [5.74, 6) is 1.58. The van der Waals surface area contributed by atoms with Crippen molar-refractivity contribution < 1.29 is 4.79 Å². The molecule has 2 nitrogen and oxygen atoms in total. The first-order valence-corrected chi connectivity index (χ1v) is 5.93. The molecule has 0 aromatic rings. The van der Waals surface area contributed by atoms with Gasteiger partial charge in [0.25, 0.3) is 0 Å². The molecule has 0 spiro atoms. The number of likely N-dealkylation sites (tertiary alicyclic amines) is 1. The lowest BCUT2D eigenvalue weighted by Gasteiger charge is -2.22. The van der Waals surface area contributed by atoms with Gasteiger partial charge in [-0.1, -0.05) is 27.2 Å². The molecule has 0 aromatic heterocycles. The molecule has 1 rings (SSSR count). The van der Waals surface area contributed by atoms with E-state index < -0.39 is 0 Å². The van der Waals surface area contributed by atoms with E-state index in [1.54, 1.807) is 0 Å². The van der Waals surface area contributed by atoms with Crippen molar-refractivity contribution in [2.24, 2.45) is 11.8 Å². The van der Waals surface area contributed by atoms with Crippen molar-refractivity contribution in [2.45, 2.75) is 46.5 Å². The van der Waals surface area contributed by atoms with Crippen LogP contribution in [0, 0.1) is 11.8 Å². The number of carbonyl (C=O) groups excluding carboxylic acids is 1. The fraction of sp³-hybridized carbons (Fsp3) is 0.917. The van der Waals surface area contributed by atoms with E-state index in [1.165, 1.54) is 12.8 Å². The molecule has 1 amide bonds. The Morgan fingerprint density at radius 3 is 2.29 bits per heavy atom. The molecular formula is C12H23NO. The largest absolute Gasteiger partial charge is 0.343 e. The number of rotatable bonds is 4. The van der Waals surface area contributed by atoms with Gasteiger partial charge in [-0.15, -0.1) is 0 Å². The van der Waals surface area contributed by atoms with Crippen LogP contribution in [0.15, 0.2) is 0 Å². The Morgan fingerprint density at radius 2 is 1.86 bits per heavy atom. The van der Waals surface area contributed by atoms with Gasteiger partial charge >= 0.3 is 0 Å². The van der Waals surface area contributed by atoms with Gasteiger partial charge in [-0.25, -0.2) is 0 Å². The van der Waals surface area contributed by atoms with E-state index in [4.69, 9.17) is 0 Å². The first-order valence-electron chi connectivity index (χ1n) is 5.93. The van der Waals surface area contributed by atoms with Gasteiger partial charge in [-0.2, -0.15) is 0 Å². The predicted molar refractivity (Wildman–Crippen MR) is 59.1 cm³/mol. The number of hydrogen-bond donors (Lipinski definition) is 0. The summed E-state index contributed by atoms with van der Waals surface area (Å²) in [6.07, 6.45) is 4.28. The molecule has 1 saturated heterocycles. The minimum Gasteiger partial charge on any atom is -0.343 e. The predicted octanol–water partition coefficient (Wildman–Crippen LogP) is 2.68. The standard InChI is InChI=1S/C12H23NO/c1-4-11(10(2)3)9-12(14)13-7-5-6-8-13/h10-11H,4-9H2,1-3H3/t11-/m1/s1. The highest BCUT2D eigenvalue weighted by molar-refractivity contribution is 5.76. The number of carbonyl (C=O) groups is 1. The van der Waals surface area contributed by atoms with Crippen LogP contribution < -0.4 is 0 Å². The highest BCUT2D eigenvalue weighted by Gasteiger charge is 2.22. The van der Waals surface area contributed by atoms with E-state index in [1.807, 2.05) is 4.90 Å². The summed E-state index contributed by atoms with van der Waals surface area (Å²) < 4.78 is 0. The summed E-state index contributed by atoms with van der Waals surface area (Å²) in [7, 11) is 0. The first-order chi connectivity index (χ1) is 6.65. The first kappa shape index (κ1) is 11.5. The van der Waals surface area contributed by atoms with Crippen LogP contribution in [0.3, 0.4) is 0 Å². The van der Waals surface area contributed by atoms with Crippen molar-refractivity contribution in [2.75, 3.05) is 13.1 Å². The quantitative estimate of drug-likeness (QED) is 0.678. The van der Waals surface area contributed by atoms with Gasteiger partial charge < -0.3 is 4.90 Å². The smallest absolute Gasteiger partial charge is 0.222 e. The van der Waals surface area contributed by atoms with Crippen molar-refractivity contribution in [3.63, 3.8) is 0 Å². The van der Waals surface area contributed by atoms with E-state index in [0.717, 1.165) is 25.9 Å². The third kappa shape index (κ3) is 3.00. The Balaban J connectivity index is 2.37. The molecule has 0 unspecified atom stereocenters. The zero-order valence-corrected chi connectivity index (χ0v) is 9.75. The minimum atomic E-state index is 0.378. The lowest BCUT2D eigenvalue weighted by molar-refractivity contribution is -0.131. The molecule has 0 bridgehead atoms. The fourth-order valence-corrected chi connectivity index (χ4v) is 2.17. The maximum atomic E-state index is 11.8. The second kappa shape index (κ2) is 5.38. The van der Waals surface area contributed by atoms with Gasteiger partial charge in [0.2, 0.25) is 5.91 Å². The molecule has 82 valence electrons. The Hall–Kier alpha value is -0.530. The Kier molecular flexibility index (Phi) is 4.43. The summed E-state index contributed by atoms with van der Waals surface area (Å²) in [5.41, 5.74) is 0. The summed E-state index contributed by atoms with van der Waals surface area (Å²) in [6, 6.07) is 0. The van der Waals surface area contributed by atoms with Crippen molar-refractivity contribution >= 4 is 5.91 Å². The second-order valence-corrected chi connectivity index (χ2v) is 4.70. The summed E-state index contributed by atoms with van der Waals surface area (Å²) >= 11 is 0. The van der Waals surface area contributed by atoms with Gasteiger partial charge in [0.15, 0.2) is 0 Å². The molecule has 0 N–H and O–H groups in total. The molecule has 0 radical (unpaired) electrons. The lowest BCUT2D eigenvalue weighted by atomic mass is 9.90. The molecule has 2 heteroatoms. The van der Waals surface area contributed by atoms with E-state index >= 15 is 0 Å². The molecule has 0 saturated carbocycles. The number of amides is 1. The van der Waals surface area contributed by atoms with Crippen molar-refractivity contribution in [1.82, 2.24) is 4.90 Å². The topological polar surface area (TPSA) is 20.3 Å². The molecule has 0 aromatic carbocycles. The van der Waals surface area contributed by atoms with Crippen LogP contribution in [-0.4, -0.2) is 23.9 Å². The van der Waals surface area contributed by atoms with Crippen LogP contribution >= 0.6 is 0 Å². The average molecular weight is 197 g/mol. The van der Waals surface area contributed by atoms with E-state index in [2.05, 4.69) is 20.8 Å². The van der Waals surface area contributed by atoms with Crippen molar-refractivity contribution in [1.29, 1.82) is 0 Å². The average Bonchev–Trinajstić information content (AvgIpc) is 2.65. The number of nitrogens with zero attached hydrogens (tertiary/aromatic N) is 1. The van der Waals surface area contributed by atoms with Crippen molar-refractivity contribution in [3.8, 4) is 0 Å². The molecule has 1 fully saturated rings. The molecular weight excluding hydrogens is 174 g/mol. The third-order valence-corrected chi connectivity index (χ3v) is 3.36. The molecule has 1 atom stereocenters. The molecule has 0 aliphatic carbocycles. The van der Waals surface area contributed by atoms with Crippen LogP contribution in [-0.2, 0) is 4.79 Å². The van der Waals surface area contributed by atoms with E-state index in [0.29, 0.717) is 17.7 Å². The van der Waals surface area contributed by atoms with Crippen LogP contribution in [0.25, 0.3) is 0 Å². The van der Waals surface area contributed by atoms with Crippen LogP contribution in [0.4, 0.5) is 0 Å². The normalized spacial score (nSPS) is 19.0. The Labute approximate surface area is 87.7 Å². The van der Waals surface area contributed by atoms with Gasteiger partial charge in [0.1, 0.15) is 0 Å². The van der Waals surface area contributed by atoms with Crippen LogP contribution in [0.2, 0.25) is 0 Å². The molecule has 1 aliphatic rings. The van der Waals surface area contributed by atoms with Gasteiger partial charge in [0.05, 0.1) is 0 Å². The molecule has 1 aliphatic heterocycles. The maximum absolute atomic E-state index is 11.8. The minimum absolute atomic E-state index is 0.378. The van der Waals surface area contributed by atoms with Gasteiger partial charge in [-0.3, -0.25) is 4.79 Å². The molecule has 14 heavy (non-hydrogen) atoms. The summed E-state index contributed by atoms with van der Waals surface area (Å²) in [5, 5.41) is 0. The second-order valence-electron chi connectivity index (χ2n) is 4.70. The van der Waals surface area contributed by atoms with E-state index in [-0.39, 0.29) is 0 Å². The highest BCUT2D eigenvalue weighted by Crippen LogP contribution is 2.21. The Morgan fingerprint density at radius 1 is 1.29 bits per heavy atom. The SMILES string of the molecule is CC[C@H](CC(=O)N1CCCC1)C(C)C.